The molecule has 0 fully saturated rings. The number of hydrogen-bond acceptors (Lipinski definition) is 7. The lowest BCUT2D eigenvalue weighted by atomic mass is 9.93. The maximum atomic E-state index is 13.3. The minimum absolute atomic E-state index is 0.0299. The molecule has 1 aromatic heterocycles. The smallest absolute Gasteiger partial charge is 0.257 e. The summed E-state index contributed by atoms with van der Waals surface area (Å²) in [5.41, 5.74) is 17.3. The summed E-state index contributed by atoms with van der Waals surface area (Å²) in [6, 6.07) is 15.8. The molecule has 8 heteroatoms. The van der Waals surface area contributed by atoms with Gasteiger partial charge in [-0.25, -0.2) is 0 Å². The number of ether oxygens (including phenoxy) is 1. The zero-order valence-corrected chi connectivity index (χ0v) is 20.8. The number of carbonyl (C=O) groups excluding carboxylic acids is 1. The van der Waals surface area contributed by atoms with E-state index in [0.29, 0.717) is 24.3 Å². The molecule has 1 amide bonds. The lowest BCUT2D eigenvalue weighted by Crippen LogP contribution is -2.28. The zero-order chi connectivity index (χ0) is 24.4. The highest BCUT2D eigenvalue weighted by Crippen LogP contribution is 2.47. The van der Waals surface area contributed by atoms with E-state index >= 15 is 0 Å². The van der Waals surface area contributed by atoms with Crippen molar-refractivity contribution >= 4 is 46.1 Å². The van der Waals surface area contributed by atoms with Crippen LogP contribution in [-0.2, 0) is 0 Å². The van der Waals surface area contributed by atoms with Gasteiger partial charge in [0.15, 0.2) is 0 Å². The quantitative estimate of drug-likeness (QED) is 0.278. The number of benzene rings is 2. The number of allylic oxidation sites excluding steroid dienone is 4. The minimum atomic E-state index is -0.184. The van der Waals surface area contributed by atoms with E-state index in [2.05, 4.69) is 22.8 Å². The van der Waals surface area contributed by atoms with Gasteiger partial charge in [-0.3, -0.25) is 4.79 Å². The molecule has 2 aromatic carbocycles. The van der Waals surface area contributed by atoms with Crippen molar-refractivity contribution in [1.82, 2.24) is 5.32 Å². The van der Waals surface area contributed by atoms with Gasteiger partial charge in [-0.1, -0.05) is 42.1 Å². The number of carbonyl (C=O) groups is 1. The van der Waals surface area contributed by atoms with Crippen LogP contribution in [0.25, 0.3) is 5.70 Å². The first kappa shape index (κ1) is 23.1. The third-order valence-electron chi connectivity index (χ3n) is 6.04. The van der Waals surface area contributed by atoms with Crippen LogP contribution in [-0.4, -0.2) is 19.6 Å². The Kier molecular flexibility index (Phi) is 6.57. The van der Waals surface area contributed by atoms with E-state index in [4.69, 9.17) is 16.2 Å². The van der Waals surface area contributed by atoms with Crippen LogP contribution < -0.4 is 26.8 Å². The highest BCUT2D eigenvalue weighted by atomic mass is 32.2. The van der Waals surface area contributed by atoms with E-state index in [-0.39, 0.29) is 11.8 Å². The fourth-order valence-corrected chi connectivity index (χ4v) is 5.89. The second-order valence-corrected chi connectivity index (χ2v) is 10.3. The Morgan fingerprint density at radius 1 is 1.14 bits per heavy atom. The molecule has 5 rings (SSSR count). The van der Waals surface area contributed by atoms with Crippen LogP contribution in [0.1, 0.15) is 21.7 Å². The topological polar surface area (TPSA) is 102 Å². The normalized spacial score (nSPS) is 17.5. The highest BCUT2D eigenvalue weighted by molar-refractivity contribution is 7.99. The summed E-state index contributed by atoms with van der Waals surface area (Å²) in [6.45, 7) is 0.471. The zero-order valence-electron chi connectivity index (χ0n) is 19.2. The van der Waals surface area contributed by atoms with Crippen LogP contribution in [0, 0.1) is 5.92 Å². The van der Waals surface area contributed by atoms with Crippen molar-refractivity contribution in [3.8, 4) is 5.75 Å². The molecular formula is C27H26N4O2S2. The standard InChI is InChI=1S/C27H26N4O2S2/c1-33-20-10-11-23-26(31-19-5-2-3-6-21(19)35-23)24(20)27(32)30-13-12-16-8-9-17(15-18(16)28)25(29)22-7-4-14-34-22/h2-11,14-16,31H,12-13,28-29H2,1H3,(H,30,32)/b25-17-. The monoisotopic (exact) mass is 502 g/mol. The Morgan fingerprint density at radius 2 is 2.00 bits per heavy atom. The van der Waals surface area contributed by atoms with Crippen molar-refractivity contribution in [2.24, 2.45) is 17.4 Å². The van der Waals surface area contributed by atoms with Crippen LogP contribution in [0.2, 0.25) is 0 Å². The summed E-state index contributed by atoms with van der Waals surface area (Å²) in [5, 5.41) is 8.47. The molecule has 1 aliphatic carbocycles. The number of rotatable bonds is 6. The Hall–Kier alpha value is -3.62. The molecule has 6 nitrogen and oxygen atoms in total. The number of amides is 1. The van der Waals surface area contributed by atoms with Gasteiger partial charge in [0.1, 0.15) is 11.3 Å². The molecule has 2 aliphatic rings. The van der Waals surface area contributed by atoms with E-state index in [1.807, 2.05) is 60.0 Å². The van der Waals surface area contributed by atoms with Crippen LogP contribution in [0.3, 0.4) is 0 Å². The summed E-state index contributed by atoms with van der Waals surface area (Å²) in [7, 11) is 1.58. The Labute approximate surface area is 212 Å². The summed E-state index contributed by atoms with van der Waals surface area (Å²) in [6.07, 6.45) is 6.67. The number of nitrogens with two attached hydrogens (primary N) is 2. The van der Waals surface area contributed by atoms with Crippen molar-refractivity contribution in [3.63, 3.8) is 0 Å². The first-order valence-electron chi connectivity index (χ1n) is 11.3. The van der Waals surface area contributed by atoms with Crippen molar-refractivity contribution in [1.29, 1.82) is 0 Å². The van der Waals surface area contributed by atoms with Gasteiger partial charge in [-0.15, -0.1) is 11.3 Å². The predicted molar refractivity (Wildman–Crippen MR) is 144 cm³/mol. The van der Waals surface area contributed by atoms with Crippen molar-refractivity contribution in [2.45, 2.75) is 16.2 Å². The average Bonchev–Trinajstić information content (AvgIpc) is 3.42. The van der Waals surface area contributed by atoms with Crippen molar-refractivity contribution in [2.75, 3.05) is 19.0 Å². The van der Waals surface area contributed by atoms with E-state index in [1.165, 1.54) is 0 Å². The van der Waals surface area contributed by atoms with Crippen LogP contribution in [0.5, 0.6) is 5.75 Å². The van der Waals surface area contributed by atoms with Crippen LogP contribution in [0.15, 0.2) is 93.2 Å². The molecule has 0 saturated carbocycles. The SMILES string of the molecule is COc1ccc2c(c1C(=O)NCCC1C=C/C(=C(/N)c3cccs3)C=C1N)Nc1ccccc1S2. The summed E-state index contributed by atoms with van der Waals surface area (Å²) in [4.78, 5) is 16.4. The molecule has 178 valence electrons. The molecule has 2 heterocycles. The molecular weight excluding hydrogens is 476 g/mol. The van der Waals surface area contributed by atoms with E-state index in [9.17, 15) is 4.79 Å². The van der Waals surface area contributed by atoms with E-state index in [0.717, 1.165) is 43.0 Å². The second-order valence-electron chi connectivity index (χ2n) is 8.24. The third-order valence-corrected chi connectivity index (χ3v) is 8.08. The van der Waals surface area contributed by atoms with Gasteiger partial charge in [-0.05, 0) is 48.2 Å². The Bertz CT molecular complexity index is 1360. The van der Waals surface area contributed by atoms with Gasteiger partial charge in [0.05, 0.1) is 29.1 Å². The maximum Gasteiger partial charge on any atom is 0.257 e. The molecule has 0 spiro atoms. The number of thiophene rings is 1. The van der Waals surface area contributed by atoms with Gasteiger partial charge in [0, 0.05) is 33.5 Å². The fraction of sp³-hybridized carbons (Fsp3) is 0.148. The van der Waals surface area contributed by atoms with Gasteiger partial charge in [0.25, 0.3) is 5.91 Å². The molecule has 0 saturated heterocycles. The molecule has 1 aliphatic heterocycles. The van der Waals surface area contributed by atoms with Gasteiger partial charge >= 0.3 is 0 Å². The first-order chi connectivity index (χ1) is 17.0. The van der Waals surface area contributed by atoms with Crippen molar-refractivity contribution < 1.29 is 9.53 Å². The largest absolute Gasteiger partial charge is 0.496 e. The van der Waals surface area contributed by atoms with E-state index < -0.39 is 0 Å². The second kappa shape index (κ2) is 9.93. The average molecular weight is 503 g/mol. The molecule has 0 radical (unpaired) electrons. The lowest BCUT2D eigenvalue weighted by Gasteiger charge is -2.24. The van der Waals surface area contributed by atoms with Gasteiger partial charge in [0.2, 0.25) is 0 Å². The van der Waals surface area contributed by atoms with Gasteiger partial charge < -0.3 is 26.8 Å². The lowest BCUT2D eigenvalue weighted by molar-refractivity contribution is 0.0950. The number of anilines is 2. The molecule has 6 N–H and O–H groups in total. The van der Waals surface area contributed by atoms with E-state index in [1.54, 1.807) is 30.2 Å². The minimum Gasteiger partial charge on any atom is -0.496 e. The maximum absolute atomic E-state index is 13.3. The number of fused-ring (bicyclic) bond motifs is 2. The predicted octanol–water partition coefficient (Wildman–Crippen LogP) is 5.48. The fourth-order valence-electron chi connectivity index (χ4n) is 4.18. The molecule has 1 atom stereocenters. The molecule has 3 aromatic rings. The molecule has 35 heavy (non-hydrogen) atoms. The molecule has 0 bridgehead atoms. The third kappa shape index (κ3) is 4.67. The Balaban J connectivity index is 1.28. The number of hydrogen-bond donors (Lipinski definition) is 4. The number of para-hydroxylation sites is 1. The van der Waals surface area contributed by atoms with Gasteiger partial charge in [-0.2, -0.15) is 0 Å². The highest BCUT2D eigenvalue weighted by Gasteiger charge is 2.25. The summed E-state index contributed by atoms with van der Waals surface area (Å²) in [5.74, 6) is 0.378. The summed E-state index contributed by atoms with van der Waals surface area (Å²) >= 11 is 3.24. The number of nitrogens with one attached hydrogen (secondary N) is 2. The number of methoxy groups -OCH3 is 1. The van der Waals surface area contributed by atoms with Crippen molar-refractivity contribution in [3.05, 3.63) is 93.8 Å². The first-order valence-corrected chi connectivity index (χ1v) is 13.0. The van der Waals surface area contributed by atoms with Crippen LogP contribution in [0.4, 0.5) is 11.4 Å². The van der Waals surface area contributed by atoms with Crippen LogP contribution >= 0.6 is 23.1 Å². The Morgan fingerprint density at radius 3 is 2.77 bits per heavy atom. The molecule has 1 unspecified atom stereocenters. The summed E-state index contributed by atoms with van der Waals surface area (Å²) < 4.78 is 5.53.